The van der Waals surface area contributed by atoms with Crippen molar-refractivity contribution >= 4 is 16.9 Å². The van der Waals surface area contributed by atoms with Crippen LogP contribution < -0.4 is 5.32 Å². The Hall–Kier alpha value is -2.67. The molecule has 1 aliphatic heterocycles. The molecule has 7 nitrogen and oxygen atoms in total. The lowest BCUT2D eigenvalue weighted by Gasteiger charge is -2.20. The van der Waals surface area contributed by atoms with Gasteiger partial charge in [0.05, 0.1) is 23.4 Å². The van der Waals surface area contributed by atoms with Crippen LogP contribution in [-0.2, 0) is 0 Å². The summed E-state index contributed by atoms with van der Waals surface area (Å²) in [6, 6.07) is 5.66. The molecule has 0 spiro atoms. The van der Waals surface area contributed by atoms with Gasteiger partial charge in [0.1, 0.15) is 5.69 Å². The molecule has 1 amide bonds. The number of rotatable bonds is 3. The van der Waals surface area contributed by atoms with Gasteiger partial charge in [0.15, 0.2) is 11.4 Å². The standard InChI is InChI=1S/C19H23N5O2/c1-13(2)24-18-15(12-21-24)14(11-16(22-18)17-5-3-10-26-17)19(25)23-8-4-6-20-7-9-23/h3,5,10-13,20H,4,6-9H2,1-2H3. The molecule has 26 heavy (non-hydrogen) atoms. The predicted molar refractivity (Wildman–Crippen MR) is 99.0 cm³/mol. The van der Waals surface area contributed by atoms with Gasteiger partial charge < -0.3 is 14.6 Å². The van der Waals surface area contributed by atoms with Crippen molar-refractivity contribution in [3.05, 3.63) is 36.2 Å². The molecule has 0 unspecified atom stereocenters. The van der Waals surface area contributed by atoms with Crippen LogP contribution in [0.2, 0.25) is 0 Å². The first-order valence-electron chi connectivity index (χ1n) is 9.07. The largest absolute Gasteiger partial charge is 0.463 e. The highest BCUT2D eigenvalue weighted by Gasteiger charge is 2.23. The molecular weight excluding hydrogens is 330 g/mol. The first-order valence-corrected chi connectivity index (χ1v) is 9.07. The zero-order valence-corrected chi connectivity index (χ0v) is 15.1. The molecule has 3 aromatic rings. The first-order chi connectivity index (χ1) is 12.6. The number of nitrogens with zero attached hydrogens (tertiary/aromatic N) is 4. The van der Waals surface area contributed by atoms with E-state index in [4.69, 9.17) is 9.40 Å². The van der Waals surface area contributed by atoms with Crippen LogP contribution in [0.5, 0.6) is 0 Å². The minimum absolute atomic E-state index is 0.0252. The van der Waals surface area contributed by atoms with Crippen molar-refractivity contribution in [3.63, 3.8) is 0 Å². The fourth-order valence-electron chi connectivity index (χ4n) is 3.34. The van der Waals surface area contributed by atoms with Crippen LogP contribution in [0.1, 0.15) is 36.7 Å². The second-order valence-corrected chi connectivity index (χ2v) is 6.85. The molecule has 1 saturated heterocycles. The Morgan fingerprint density at radius 2 is 2.19 bits per heavy atom. The number of hydrogen-bond donors (Lipinski definition) is 1. The van der Waals surface area contributed by atoms with Crippen LogP contribution in [0, 0.1) is 0 Å². The highest BCUT2D eigenvalue weighted by atomic mass is 16.3. The van der Waals surface area contributed by atoms with E-state index in [2.05, 4.69) is 24.3 Å². The fraction of sp³-hybridized carbons (Fsp3) is 0.421. The van der Waals surface area contributed by atoms with Gasteiger partial charge in [0.25, 0.3) is 5.91 Å². The lowest BCUT2D eigenvalue weighted by molar-refractivity contribution is 0.0768. The summed E-state index contributed by atoms with van der Waals surface area (Å²) in [6.45, 7) is 7.32. The van der Waals surface area contributed by atoms with Gasteiger partial charge in [-0.3, -0.25) is 4.79 Å². The second-order valence-electron chi connectivity index (χ2n) is 6.85. The average Bonchev–Trinajstić information content (AvgIpc) is 3.24. The van der Waals surface area contributed by atoms with E-state index in [1.54, 1.807) is 12.5 Å². The molecule has 1 N–H and O–H groups in total. The van der Waals surface area contributed by atoms with Crippen LogP contribution in [0.15, 0.2) is 35.1 Å². The summed E-state index contributed by atoms with van der Waals surface area (Å²) in [5.41, 5.74) is 2.00. The molecule has 4 heterocycles. The van der Waals surface area contributed by atoms with Gasteiger partial charge in [-0.15, -0.1) is 0 Å². The summed E-state index contributed by atoms with van der Waals surface area (Å²) in [5, 5.41) is 8.59. The molecule has 136 valence electrons. The van der Waals surface area contributed by atoms with Crippen molar-refractivity contribution in [1.82, 2.24) is 25.0 Å². The number of carbonyl (C=O) groups excluding carboxylic acids is 1. The van der Waals surface area contributed by atoms with Crippen molar-refractivity contribution in [2.24, 2.45) is 0 Å². The van der Waals surface area contributed by atoms with Crippen LogP contribution >= 0.6 is 0 Å². The summed E-state index contributed by atoms with van der Waals surface area (Å²) in [6.07, 6.45) is 4.32. The maximum absolute atomic E-state index is 13.3. The van der Waals surface area contributed by atoms with E-state index in [9.17, 15) is 4.79 Å². The average molecular weight is 353 g/mol. The molecule has 1 fully saturated rings. The number of carbonyl (C=O) groups is 1. The molecule has 1 aliphatic rings. The number of amides is 1. The van der Waals surface area contributed by atoms with Gasteiger partial charge >= 0.3 is 0 Å². The lowest BCUT2D eigenvalue weighted by Crippen LogP contribution is -2.34. The molecule has 0 atom stereocenters. The Balaban J connectivity index is 1.85. The third kappa shape index (κ3) is 2.99. The zero-order valence-electron chi connectivity index (χ0n) is 15.1. The van der Waals surface area contributed by atoms with E-state index in [0.29, 0.717) is 29.2 Å². The zero-order chi connectivity index (χ0) is 18.1. The van der Waals surface area contributed by atoms with Crippen LogP contribution in [0.3, 0.4) is 0 Å². The van der Waals surface area contributed by atoms with Gasteiger partial charge in [-0.05, 0) is 45.0 Å². The number of hydrogen-bond acceptors (Lipinski definition) is 5. The minimum atomic E-state index is 0.0252. The van der Waals surface area contributed by atoms with Gasteiger partial charge in [-0.1, -0.05) is 0 Å². The topological polar surface area (TPSA) is 76.2 Å². The van der Waals surface area contributed by atoms with E-state index < -0.39 is 0 Å². The number of aromatic nitrogens is 3. The summed E-state index contributed by atoms with van der Waals surface area (Å²) in [5.74, 6) is 0.673. The normalized spacial score (nSPS) is 15.6. The van der Waals surface area contributed by atoms with Crippen LogP contribution in [0.4, 0.5) is 0 Å². The number of furan rings is 1. The second kappa shape index (κ2) is 6.92. The molecule has 0 aliphatic carbocycles. The highest BCUT2D eigenvalue weighted by Crippen LogP contribution is 2.27. The SMILES string of the molecule is CC(C)n1ncc2c(C(=O)N3CCCNCC3)cc(-c3ccco3)nc21. The smallest absolute Gasteiger partial charge is 0.254 e. The molecule has 0 aromatic carbocycles. The molecule has 0 radical (unpaired) electrons. The Bertz CT molecular complexity index is 906. The Labute approximate surface area is 152 Å². The molecule has 7 heteroatoms. The first kappa shape index (κ1) is 16.8. The van der Waals surface area contributed by atoms with E-state index in [-0.39, 0.29) is 11.9 Å². The molecule has 0 saturated carbocycles. The Morgan fingerprint density at radius 1 is 1.31 bits per heavy atom. The molecule has 4 rings (SSSR count). The van der Waals surface area contributed by atoms with E-state index >= 15 is 0 Å². The number of nitrogens with one attached hydrogen (secondary N) is 1. The van der Waals surface area contributed by atoms with Crippen LogP contribution in [0.25, 0.3) is 22.5 Å². The summed E-state index contributed by atoms with van der Waals surface area (Å²) < 4.78 is 7.37. The van der Waals surface area contributed by atoms with Crippen molar-refractivity contribution < 1.29 is 9.21 Å². The lowest BCUT2D eigenvalue weighted by atomic mass is 10.1. The number of fused-ring (bicyclic) bond motifs is 1. The van der Waals surface area contributed by atoms with E-state index in [1.807, 2.05) is 27.8 Å². The van der Waals surface area contributed by atoms with E-state index in [1.165, 1.54) is 0 Å². The minimum Gasteiger partial charge on any atom is -0.463 e. The van der Waals surface area contributed by atoms with Crippen molar-refractivity contribution in [2.45, 2.75) is 26.3 Å². The van der Waals surface area contributed by atoms with Gasteiger partial charge in [-0.2, -0.15) is 5.10 Å². The van der Waals surface area contributed by atoms with E-state index in [0.717, 1.165) is 31.4 Å². The van der Waals surface area contributed by atoms with Crippen molar-refractivity contribution in [2.75, 3.05) is 26.2 Å². The Kier molecular flexibility index (Phi) is 4.46. The van der Waals surface area contributed by atoms with Crippen LogP contribution in [-0.4, -0.2) is 51.8 Å². The summed E-state index contributed by atoms with van der Waals surface area (Å²) in [7, 11) is 0. The third-order valence-corrected chi connectivity index (χ3v) is 4.69. The van der Waals surface area contributed by atoms with Crippen molar-refractivity contribution in [1.29, 1.82) is 0 Å². The maximum atomic E-state index is 13.3. The number of pyridine rings is 1. The van der Waals surface area contributed by atoms with Crippen molar-refractivity contribution in [3.8, 4) is 11.5 Å². The maximum Gasteiger partial charge on any atom is 0.254 e. The monoisotopic (exact) mass is 353 g/mol. The third-order valence-electron chi connectivity index (χ3n) is 4.69. The predicted octanol–water partition coefficient (Wildman–Crippen LogP) is 2.71. The molecule has 3 aromatic heterocycles. The molecule has 0 bridgehead atoms. The Morgan fingerprint density at radius 3 is 2.96 bits per heavy atom. The highest BCUT2D eigenvalue weighted by molar-refractivity contribution is 6.06. The summed E-state index contributed by atoms with van der Waals surface area (Å²) >= 11 is 0. The molecular formula is C19H23N5O2. The van der Waals surface area contributed by atoms with Gasteiger partial charge in [0, 0.05) is 25.7 Å². The van der Waals surface area contributed by atoms with Gasteiger partial charge in [0.2, 0.25) is 0 Å². The fourth-order valence-corrected chi connectivity index (χ4v) is 3.34. The van der Waals surface area contributed by atoms with Gasteiger partial charge in [-0.25, -0.2) is 9.67 Å². The summed E-state index contributed by atoms with van der Waals surface area (Å²) in [4.78, 5) is 19.9. The quantitative estimate of drug-likeness (QED) is 0.783.